The van der Waals surface area contributed by atoms with E-state index in [0.717, 1.165) is 32.5 Å². The van der Waals surface area contributed by atoms with Gasteiger partial charge in [-0.25, -0.2) is 0 Å². The first-order valence-electron chi connectivity index (χ1n) is 8.60. The molecular weight excluding hydrogens is 308 g/mol. The summed E-state index contributed by atoms with van der Waals surface area (Å²) in [5.74, 6) is 0.276. The molecule has 1 aromatic carbocycles. The van der Waals surface area contributed by atoms with Crippen LogP contribution in [0, 0.1) is 0 Å². The molecule has 128 valence electrons. The molecule has 0 N–H and O–H groups in total. The van der Waals surface area contributed by atoms with Crippen LogP contribution in [0.5, 0.6) is 0 Å². The molecule has 0 saturated carbocycles. The van der Waals surface area contributed by atoms with Gasteiger partial charge in [-0.2, -0.15) is 0 Å². The van der Waals surface area contributed by atoms with E-state index in [9.17, 15) is 4.79 Å². The molecule has 0 bridgehead atoms. The van der Waals surface area contributed by atoms with Crippen molar-refractivity contribution in [3.63, 3.8) is 0 Å². The van der Waals surface area contributed by atoms with Crippen LogP contribution in [-0.4, -0.2) is 48.4 Å². The molecule has 3 nitrogen and oxygen atoms in total. The Bertz CT molecular complexity index is 554. The number of amides is 1. The van der Waals surface area contributed by atoms with Crippen molar-refractivity contribution in [3.05, 3.63) is 35.4 Å². The van der Waals surface area contributed by atoms with Crippen LogP contribution in [-0.2, 0) is 16.6 Å². The van der Waals surface area contributed by atoms with Gasteiger partial charge in [0.05, 0.1) is 0 Å². The summed E-state index contributed by atoms with van der Waals surface area (Å²) in [5, 5.41) is 0. The standard InChI is InChI=1S/C19H28N2O.ClH/c1-4-18(22)20(3)16-9-11-21(12-10-16)14-19(2)13-15-7-5-6-8-17(15)19;/h5-8,16H,4,9-14H2,1-3H3;1H. The summed E-state index contributed by atoms with van der Waals surface area (Å²) >= 11 is 0. The third kappa shape index (κ3) is 3.56. The molecule has 1 aliphatic carbocycles. The van der Waals surface area contributed by atoms with E-state index in [4.69, 9.17) is 0 Å². The number of hydrogen-bond donors (Lipinski definition) is 0. The third-order valence-electron chi connectivity index (χ3n) is 5.62. The van der Waals surface area contributed by atoms with E-state index in [1.165, 1.54) is 17.5 Å². The van der Waals surface area contributed by atoms with Gasteiger partial charge >= 0.3 is 0 Å². The highest BCUT2D eigenvalue weighted by atomic mass is 35.5. The molecule has 1 amide bonds. The number of rotatable bonds is 4. The maximum Gasteiger partial charge on any atom is 0.222 e. The number of carbonyl (C=O) groups is 1. The smallest absolute Gasteiger partial charge is 0.222 e. The van der Waals surface area contributed by atoms with Gasteiger partial charge in [0.15, 0.2) is 0 Å². The van der Waals surface area contributed by atoms with Gasteiger partial charge in [-0.05, 0) is 30.4 Å². The zero-order valence-electron chi connectivity index (χ0n) is 14.5. The normalized spacial score (nSPS) is 24.3. The fourth-order valence-electron chi connectivity index (χ4n) is 4.22. The predicted octanol–water partition coefficient (Wildman–Crippen LogP) is 3.26. The Balaban J connectivity index is 0.00000192. The second kappa shape index (κ2) is 7.23. The van der Waals surface area contributed by atoms with Crippen molar-refractivity contribution in [2.45, 2.75) is 51.0 Å². The Morgan fingerprint density at radius 1 is 1.30 bits per heavy atom. The molecule has 1 fully saturated rings. The lowest BCUT2D eigenvalue weighted by Crippen LogP contribution is -2.51. The van der Waals surface area contributed by atoms with E-state index >= 15 is 0 Å². The topological polar surface area (TPSA) is 23.6 Å². The maximum absolute atomic E-state index is 11.8. The molecule has 4 heteroatoms. The van der Waals surface area contributed by atoms with Crippen molar-refractivity contribution >= 4 is 18.3 Å². The van der Waals surface area contributed by atoms with Gasteiger partial charge in [-0.3, -0.25) is 4.79 Å². The van der Waals surface area contributed by atoms with Crippen LogP contribution >= 0.6 is 12.4 Å². The summed E-state index contributed by atoms with van der Waals surface area (Å²) in [4.78, 5) is 16.4. The van der Waals surface area contributed by atoms with Crippen molar-refractivity contribution in [1.29, 1.82) is 0 Å². The van der Waals surface area contributed by atoms with Gasteiger partial charge in [0, 0.05) is 44.6 Å². The van der Waals surface area contributed by atoms with Gasteiger partial charge in [-0.1, -0.05) is 38.1 Å². The number of hydrogen-bond acceptors (Lipinski definition) is 2. The van der Waals surface area contributed by atoms with Crippen LogP contribution in [0.3, 0.4) is 0 Å². The number of likely N-dealkylation sites (tertiary alicyclic amines) is 1. The Morgan fingerprint density at radius 3 is 2.57 bits per heavy atom. The summed E-state index contributed by atoms with van der Waals surface area (Å²) in [5.41, 5.74) is 3.39. The minimum Gasteiger partial charge on any atom is -0.343 e. The Morgan fingerprint density at radius 2 is 1.96 bits per heavy atom. The highest BCUT2D eigenvalue weighted by molar-refractivity contribution is 5.85. The number of piperidine rings is 1. The number of nitrogens with zero attached hydrogens (tertiary/aromatic N) is 2. The second-order valence-corrected chi connectivity index (χ2v) is 7.26. The Kier molecular flexibility index (Phi) is 5.74. The van der Waals surface area contributed by atoms with Gasteiger partial charge in [-0.15, -0.1) is 12.4 Å². The molecule has 3 rings (SSSR count). The summed E-state index contributed by atoms with van der Waals surface area (Å²) in [6.45, 7) is 7.73. The molecule has 0 aromatic heterocycles. The van der Waals surface area contributed by atoms with Crippen molar-refractivity contribution in [2.24, 2.45) is 0 Å². The second-order valence-electron chi connectivity index (χ2n) is 7.26. The van der Waals surface area contributed by atoms with Crippen molar-refractivity contribution in [2.75, 3.05) is 26.7 Å². The molecule has 1 atom stereocenters. The first-order chi connectivity index (χ1) is 10.5. The van der Waals surface area contributed by atoms with Gasteiger partial charge < -0.3 is 9.80 Å². The SMILES string of the molecule is CCC(=O)N(C)C1CCN(CC2(C)Cc3ccccc32)CC1.Cl. The summed E-state index contributed by atoms with van der Waals surface area (Å²) in [6, 6.07) is 9.29. The molecule has 23 heavy (non-hydrogen) atoms. The number of halogens is 1. The highest BCUT2D eigenvalue weighted by Crippen LogP contribution is 2.41. The Labute approximate surface area is 146 Å². The molecule has 0 radical (unpaired) electrons. The lowest BCUT2D eigenvalue weighted by atomic mass is 9.65. The molecule has 1 aliphatic heterocycles. The molecule has 0 spiro atoms. The molecule has 1 saturated heterocycles. The first kappa shape index (κ1) is 18.3. The van der Waals surface area contributed by atoms with Crippen LogP contribution in [0.25, 0.3) is 0 Å². The van der Waals surface area contributed by atoms with Crippen LogP contribution in [0.1, 0.15) is 44.2 Å². The quantitative estimate of drug-likeness (QED) is 0.842. The number of benzene rings is 1. The third-order valence-corrected chi connectivity index (χ3v) is 5.62. The van der Waals surface area contributed by atoms with E-state index in [-0.39, 0.29) is 18.3 Å². The van der Waals surface area contributed by atoms with Crippen molar-refractivity contribution < 1.29 is 4.79 Å². The van der Waals surface area contributed by atoms with Crippen molar-refractivity contribution in [1.82, 2.24) is 9.80 Å². The van der Waals surface area contributed by atoms with E-state index in [0.29, 0.717) is 17.9 Å². The molecular formula is C19H29ClN2O. The van der Waals surface area contributed by atoms with Crippen LogP contribution in [0.2, 0.25) is 0 Å². The van der Waals surface area contributed by atoms with Crippen molar-refractivity contribution in [3.8, 4) is 0 Å². The van der Waals surface area contributed by atoms with E-state index < -0.39 is 0 Å². The zero-order chi connectivity index (χ0) is 15.7. The molecule has 1 heterocycles. The predicted molar refractivity (Wildman–Crippen MR) is 97.3 cm³/mol. The average molecular weight is 337 g/mol. The van der Waals surface area contributed by atoms with Gasteiger partial charge in [0.2, 0.25) is 5.91 Å². The minimum atomic E-state index is 0. The molecule has 2 aliphatic rings. The largest absolute Gasteiger partial charge is 0.343 e. The number of fused-ring (bicyclic) bond motifs is 1. The van der Waals surface area contributed by atoms with Crippen LogP contribution in [0.4, 0.5) is 0 Å². The average Bonchev–Trinajstić information content (AvgIpc) is 2.53. The number of carbonyl (C=O) groups excluding carboxylic acids is 1. The fourth-order valence-corrected chi connectivity index (χ4v) is 4.22. The van der Waals surface area contributed by atoms with E-state index in [1.807, 2.05) is 18.9 Å². The minimum absolute atomic E-state index is 0. The van der Waals surface area contributed by atoms with E-state index in [2.05, 4.69) is 36.1 Å². The monoisotopic (exact) mass is 336 g/mol. The first-order valence-corrected chi connectivity index (χ1v) is 8.60. The van der Waals surface area contributed by atoms with E-state index in [1.54, 1.807) is 0 Å². The molecule has 1 aromatic rings. The summed E-state index contributed by atoms with van der Waals surface area (Å²) < 4.78 is 0. The summed E-state index contributed by atoms with van der Waals surface area (Å²) in [7, 11) is 1.97. The van der Waals surface area contributed by atoms with Crippen LogP contribution < -0.4 is 0 Å². The molecule has 1 unspecified atom stereocenters. The van der Waals surface area contributed by atoms with Gasteiger partial charge in [0.1, 0.15) is 0 Å². The van der Waals surface area contributed by atoms with Crippen LogP contribution in [0.15, 0.2) is 24.3 Å². The Hall–Kier alpha value is -1.06. The lowest BCUT2D eigenvalue weighted by Gasteiger charge is -2.46. The highest BCUT2D eigenvalue weighted by Gasteiger charge is 2.40. The maximum atomic E-state index is 11.8. The summed E-state index contributed by atoms with van der Waals surface area (Å²) in [6.07, 6.45) is 4.04. The fraction of sp³-hybridized carbons (Fsp3) is 0.632. The van der Waals surface area contributed by atoms with Gasteiger partial charge in [0.25, 0.3) is 0 Å². The lowest BCUT2D eigenvalue weighted by molar-refractivity contribution is -0.132. The zero-order valence-corrected chi connectivity index (χ0v) is 15.4.